The monoisotopic (exact) mass is 245 g/mol. The van der Waals surface area contributed by atoms with Gasteiger partial charge in [0.1, 0.15) is 5.75 Å². The van der Waals surface area contributed by atoms with Gasteiger partial charge in [-0.1, -0.05) is 45.0 Å². The molecule has 0 fully saturated rings. The first-order valence-electron chi connectivity index (χ1n) is 5.52. The number of benzene rings is 2. The summed E-state index contributed by atoms with van der Waals surface area (Å²) in [5.41, 5.74) is 8.12. The van der Waals surface area contributed by atoms with Crippen LogP contribution in [-0.4, -0.2) is 13.4 Å². The second-order valence-electron chi connectivity index (χ2n) is 3.65. The van der Waals surface area contributed by atoms with Crippen molar-refractivity contribution in [2.45, 2.75) is 0 Å². The van der Waals surface area contributed by atoms with Crippen LogP contribution in [0.2, 0.25) is 0 Å². The Morgan fingerprint density at radius 3 is 2.41 bits per heavy atom. The molecule has 17 heavy (non-hydrogen) atoms. The summed E-state index contributed by atoms with van der Waals surface area (Å²) in [6.07, 6.45) is 0.702. The summed E-state index contributed by atoms with van der Waals surface area (Å²) < 4.78 is 5.16. The first kappa shape index (κ1) is 12.1. The van der Waals surface area contributed by atoms with E-state index < -0.39 is 0 Å². The molecule has 2 rings (SSSR count). The summed E-state index contributed by atoms with van der Waals surface area (Å²) in [6, 6.07) is 16.5. The van der Waals surface area contributed by atoms with Gasteiger partial charge in [0.25, 0.3) is 0 Å². The van der Waals surface area contributed by atoms with Gasteiger partial charge in [-0.2, -0.15) is 0 Å². The summed E-state index contributed by atoms with van der Waals surface area (Å²) in [4.78, 5) is 0. The molecule has 1 unspecified atom stereocenters. The second kappa shape index (κ2) is 5.81. The summed E-state index contributed by atoms with van der Waals surface area (Å²) in [5.74, 6) is 0.882. The SMILES string of the molecule is COc1ccc(-c2ccccc2PCN)cc1. The topological polar surface area (TPSA) is 35.2 Å². The van der Waals surface area contributed by atoms with Crippen molar-refractivity contribution in [3.8, 4) is 16.9 Å². The van der Waals surface area contributed by atoms with Gasteiger partial charge in [0, 0.05) is 6.29 Å². The highest BCUT2D eigenvalue weighted by Gasteiger charge is 2.03. The van der Waals surface area contributed by atoms with E-state index >= 15 is 0 Å². The number of rotatable bonds is 4. The van der Waals surface area contributed by atoms with Gasteiger partial charge in [-0.3, -0.25) is 0 Å². The lowest BCUT2D eigenvalue weighted by molar-refractivity contribution is 0.415. The summed E-state index contributed by atoms with van der Waals surface area (Å²) in [6.45, 7) is 0. The maximum absolute atomic E-state index is 5.65. The molecule has 0 bridgehead atoms. The highest BCUT2D eigenvalue weighted by Crippen LogP contribution is 2.24. The second-order valence-corrected chi connectivity index (χ2v) is 4.96. The van der Waals surface area contributed by atoms with Crippen LogP contribution in [0.15, 0.2) is 48.5 Å². The predicted octanol–water partition coefficient (Wildman–Crippen LogP) is 2.58. The summed E-state index contributed by atoms with van der Waals surface area (Å²) in [7, 11) is 2.33. The molecule has 2 N–H and O–H groups in total. The molecular weight excluding hydrogens is 229 g/mol. The molecule has 88 valence electrons. The van der Waals surface area contributed by atoms with Crippen molar-refractivity contribution in [3.63, 3.8) is 0 Å². The van der Waals surface area contributed by atoms with Crippen LogP contribution in [-0.2, 0) is 0 Å². The standard InChI is InChI=1S/C14H16NOP/c1-16-12-8-6-11(7-9-12)13-4-2-3-5-14(13)17-10-15/h2-9,17H,10,15H2,1H3. The van der Waals surface area contributed by atoms with Crippen LogP contribution < -0.4 is 15.8 Å². The van der Waals surface area contributed by atoms with E-state index in [1.54, 1.807) is 7.11 Å². The number of hydrogen-bond acceptors (Lipinski definition) is 2. The minimum atomic E-state index is 0.656. The van der Waals surface area contributed by atoms with E-state index in [-0.39, 0.29) is 0 Å². The normalized spacial score (nSPS) is 10.9. The Morgan fingerprint density at radius 2 is 1.76 bits per heavy atom. The molecule has 1 atom stereocenters. The lowest BCUT2D eigenvalue weighted by Crippen LogP contribution is -2.04. The first-order valence-corrected chi connectivity index (χ1v) is 6.73. The Hall–Kier alpha value is -1.37. The third-order valence-corrected chi connectivity index (χ3v) is 3.64. The van der Waals surface area contributed by atoms with Gasteiger partial charge in [-0.05, 0) is 28.6 Å². The molecule has 2 nitrogen and oxygen atoms in total. The van der Waals surface area contributed by atoms with Crippen molar-refractivity contribution in [1.82, 2.24) is 0 Å². The fraction of sp³-hybridized carbons (Fsp3) is 0.143. The molecule has 0 saturated heterocycles. The zero-order valence-electron chi connectivity index (χ0n) is 9.81. The van der Waals surface area contributed by atoms with Gasteiger partial charge in [0.2, 0.25) is 0 Å². The van der Waals surface area contributed by atoms with Gasteiger partial charge in [-0.15, -0.1) is 0 Å². The third kappa shape index (κ3) is 2.85. The highest BCUT2D eigenvalue weighted by atomic mass is 31.1. The van der Waals surface area contributed by atoms with Crippen molar-refractivity contribution >= 4 is 13.9 Å². The molecule has 0 aliphatic carbocycles. The molecule has 0 saturated carbocycles. The average molecular weight is 245 g/mol. The molecule has 0 aliphatic rings. The van der Waals surface area contributed by atoms with Gasteiger partial charge in [0.05, 0.1) is 7.11 Å². The largest absolute Gasteiger partial charge is 0.497 e. The maximum atomic E-state index is 5.65. The molecule has 3 heteroatoms. The molecule has 0 aliphatic heterocycles. The van der Waals surface area contributed by atoms with Crippen LogP contribution in [0.4, 0.5) is 0 Å². The first-order chi connectivity index (χ1) is 8.35. The van der Waals surface area contributed by atoms with Crippen molar-refractivity contribution in [2.24, 2.45) is 5.73 Å². The van der Waals surface area contributed by atoms with E-state index in [0.29, 0.717) is 14.9 Å². The van der Waals surface area contributed by atoms with E-state index in [9.17, 15) is 0 Å². The number of ether oxygens (including phenoxy) is 1. The lowest BCUT2D eigenvalue weighted by atomic mass is 10.1. The van der Waals surface area contributed by atoms with Gasteiger partial charge in [0.15, 0.2) is 0 Å². The quantitative estimate of drug-likeness (QED) is 0.840. The zero-order valence-corrected chi connectivity index (χ0v) is 10.8. The Balaban J connectivity index is 2.37. The highest BCUT2D eigenvalue weighted by molar-refractivity contribution is 7.47. The van der Waals surface area contributed by atoms with Crippen molar-refractivity contribution < 1.29 is 4.74 Å². The average Bonchev–Trinajstić information content (AvgIpc) is 2.40. The molecule has 0 amide bonds. The Labute approximate surface area is 104 Å². The van der Waals surface area contributed by atoms with Gasteiger partial charge in [-0.25, -0.2) is 0 Å². The zero-order chi connectivity index (χ0) is 12.1. The molecule has 0 spiro atoms. The van der Waals surface area contributed by atoms with E-state index in [1.165, 1.54) is 16.4 Å². The number of methoxy groups -OCH3 is 1. The van der Waals surface area contributed by atoms with E-state index in [4.69, 9.17) is 10.5 Å². The molecule has 2 aromatic rings. The maximum Gasteiger partial charge on any atom is 0.118 e. The molecule has 2 aromatic carbocycles. The van der Waals surface area contributed by atoms with Crippen LogP contribution in [0.1, 0.15) is 0 Å². The van der Waals surface area contributed by atoms with Crippen LogP contribution in [0, 0.1) is 0 Å². The van der Waals surface area contributed by atoms with Crippen molar-refractivity contribution in [3.05, 3.63) is 48.5 Å². The third-order valence-electron chi connectivity index (χ3n) is 2.62. The van der Waals surface area contributed by atoms with E-state index in [2.05, 4.69) is 36.4 Å². The van der Waals surface area contributed by atoms with Crippen molar-refractivity contribution in [1.29, 1.82) is 0 Å². The lowest BCUT2D eigenvalue weighted by Gasteiger charge is -2.09. The van der Waals surface area contributed by atoms with Crippen molar-refractivity contribution in [2.75, 3.05) is 13.4 Å². The van der Waals surface area contributed by atoms with Gasteiger partial charge < -0.3 is 10.5 Å². The minimum Gasteiger partial charge on any atom is -0.497 e. The van der Waals surface area contributed by atoms with Crippen LogP contribution >= 0.6 is 8.58 Å². The smallest absolute Gasteiger partial charge is 0.118 e. The van der Waals surface area contributed by atoms with Crippen LogP contribution in [0.5, 0.6) is 5.75 Å². The van der Waals surface area contributed by atoms with E-state index in [1.807, 2.05) is 12.1 Å². The fourth-order valence-corrected chi connectivity index (χ4v) is 2.62. The Morgan fingerprint density at radius 1 is 1.06 bits per heavy atom. The molecule has 0 heterocycles. The Bertz CT molecular complexity index is 482. The van der Waals surface area contributed by atoms with Gasteiger partial charge >= 0.3 is 0 Å². The Kier molecular flexibility index (Phi) is 4.13. The summed E-state index contributed by atoms with van der Waals surface area (Å²) in [5, 5.41) is 1.32. The number of hydrogen-bond donors (Lipinski definition) is 1. The molecule has 0 radical (unpaired) electrons. The van der Waals surface area contributed by atoms with E-state index in [0.717, 1.165) is 5.75 Å². The minimum absolute atomic E-state index is 0.656. The molecule has 0 aromatic heterocycles. The predicted molar refractivity (Wildman–Crippen MR) is 75.4 cm³/mol. The molecular formula is C14H16NOP. The number of nitrogens with two attached hydrogens (primary N) is 1. The van der Waals surface area contributed by atoms with Crippen LogP contribution in [0.3, 0.4) is 0 Å². The fourth-order valence-electron chi connectivity index (χ4n) is 1.77. The summed E-state index contributed by atoms with van der Waals surface area (Å²) >= 11 is 0. The van der Waals surface area contributed by atoms with Crippen LogP contribution in [0.25, 0.3) is 11.1 Å².